The fourth-order valence-electron chi connectivity index (χ4n) is 1.69. The summed E-state index contributed by atoms with van der Waals surface area (Å²) in [5.41, 5.74) is 0.0795. The summed E-state index contributed by atoms with van der Waals surface area (Å²) in [6, 6.07) is 9.63. The molecule has 0 fully saturated rings. The standard InChI is InChI=1S/C15H21NO4/c1-2-19-15(17)14(16-18)11-7-4-8-12-20-13-9-5-3-6-10-13/h3,5-6,9-10,18H,2,4,7-8,11-12H2,1H3. The van der Waals surface area contributed by atoms with E-state index < -0.39 is 5.97 Å². The predicted octanol–water partition coefficient (Wildman–Crippen LogP) is 3.02. The van der Waals surface area contributed by atoms with Crippen LogP contribution in [0.2, 0.25) is 0 Å². The number of oxime groups is 1. The summed E-state index contributed by atoms with van der Waals surface area (Å²) in [5, 5.41) is 11.7. The van der Waals surface area contributed by atoms with Crippen molar-refractivity contribution >= 4 is 11.7 Å². The molecule has 0 saturated carbocycles. The average Bonchev–Trinajstić information content (AvgIpc) is 2.48. The van der Waals surface area contributed by atoms with Gasteiger partial charge in [0.05, 0.1) is 13.2 Å². The Morgan fingerprint density at radius 3 is 2.60 bits per heavy atom. The molecule has 1 N–H and O–H groups in total. The minimum Gasteiger partial charge on any atom is -0.494 e. The first-order chi connectivity index (χ1) is 9.77. The number of esters is 1. The molecule has 0 radical (unpaired) electrons. The van der Waals surface area contributed by atoms with Crippen LogP contribution in [0.15, 0.2) is 35.5 Å². The normalized spacial score (nSPS) is 11.2. The van der Waals surface area contributed by atoms with Crippen molar-refractivity contribution in [2.45, 2.75) is 32.6 Å². The lowest BCUT2D eigenvalue weighted by Gasteiger charge is -2.06. The van der Waals surface area contributed by atoms with Gasteiger partial charge in [-0.05, 0) is 38.3 Å². The predicted molar refractivity (Wildman–Crippen MR) is 76.3 cm³/mol. The minimum absolute atomic E-state index is 0.0795. The quantitative estimate of drug-likeness (QED) is 0.248. The van der Waals surface area contributed by atoms with Gasteiger partial charge in [-0.15, -0.1) is 0 Å². The molecule has 0 aliphatic heterocycles. The van der Waals surface area contributed by atoms with Crippen molar-refractivity contribution in [3.05, 3.63) is 30.3 Å². The van der Waals surface area contributed by atoms with Crippen molar-refractivity contribution in [1.82, 2.24) is 0 Å². The number of unbranched alkanes of at least 4 members (excludes halogenated alkanes) is 2. The van der Waals surface area contributed by atoms with Crippen LogP contribution < -0.4 is 4.74 Å². The van der Waals surface area contributed by atoms with Gasteiger partial charge < -0.3 is 14.7 Å². The average molecular weight is 279 g/mol. The monoisotopic (exact) mass is 279 g/mol. The van der Waals surface area contributed by atoms with Crippen LogP contribution in [-0.2, 0) is 9.53 Å². The second kappa shape index (κ2) is 9.83. The first-order valence-corrected chi connectivity index (χ1v) is 6.83. The second-order valence-corrected chi connectivity index (χ2v) is 4.24. The van der Waals surface area contributed by atoms with Gasteiger partial charge in [-0.1, -0.05) is 23.4 Å². The SMILES string of the molecule is CCOC(=O)C(CCCCCOc1ccccc1)=NO. The van der Waals surface area contributed by atoms with Crippen molar-refractivity contribution < 1.29 is 19.5 Å². The summed E-state index contributed by atoms with van der Waals surface area (Å²) in [7, 11) is 0. The molecule has 0 atom stereocenters. The van der Waals surface area contributed by atoms with Gasteiger partial charge in [0, 0.05) is 6.42 Å². The molecule has 0 saturated heterocycles. The molecular formula is C15H21NO4. The van der Waals surface area contributed by atoms with Crippen LogP contribution in [0.5, 0.6) is 5.75 Å². The highest BCUT2D eigenvalue weighted by Gasteiger charge is 2.12. The topological polar surface area (TPSA) is 68.1 Å². The lowest BCUT2D eigenvalue weighted by Crippen LogP contribution is -2.17. The van der Waals surface area contributed by atoms with Crippen molar-refractivity contribution in [2.75, 3.05) is 13.2 Å². The maximum Gasteiger partial charge on any atom is 0.356 e. The summed E-state index contributed by atoms with van der Waals surface area (Å²) in [6.45, 7) is 2.63. The van der Waals surface area contributed by atoms with Crippen LogP contribution in [-0.4, -0.2) is 30.1 Å². The zero-order valence-electron chi connectivity index (χ0n) is 11.7. The molecule has 0 aromatic heterocycles. The van der Waals surface area contributed by atoms with E-state index in [1.54, 1.807) is 6.92 Å². The van der Waals surface area contributed by atoms with Gasteiger partial charge in [0.2, 0.25) is 0 Å². The second-order valence-electron chi connectivity index (χ2n) is 4.24. The number of carbonyl (C=O) groups excluding carboxylic acids is 1. The highest BCUT2D eigenvalue weighted by Crippen LogP contribution is 2.10. The number of hydrogen-bond acceptors (Lipinski definition) is 5. The smallest absolute Gasteiger partial charge is 0.356 e. The third-order valence-electron chi connectivity index (χ3n) is 2.70. The van der Waals surface area contributed by atoms with Gasteiger partial charge in [0.25, 0.3) is 0 Å². The molecule has 5 heteroatoms. The number of rotatable bonds is 9. The van der Waals surface area contributed by atoms with E-state index in [9.17, 15) is 4.79 Å². The van der Waals surface area contributed by atoms with Crippen LogP contribution >= 0.6 is 0 Å². The maximum atomic E-state index is 11.3. The Hall–Kier alpha value is -2.04. The van der Waals surface area contributed by atoms with Gasteiger partial charge in [-0.3, -0.25) is 0 Å². The number of hydrogen-bond donors (Lipinski definition) is 1. The van der Waals surface area contributed by atoms with Crippen LogP contribution in [0.3, 0.4) is 0 Å². The number of para-hydroxylation sites is 1. The Balaban J connectivity index is 2.11. The van der Waals surface area contributed by atoms with E-state index in [-0.39, 0.29) is 12.3 Å². The minimum atomic E-state index is -0.546. The van der Waals surface area contributed by atoms with Crippen LogP contribution in [0.25, 0.3) is 0 Å². The van der Waals surface area contributed by atoms with E-state index in [4.69, 9.17) is 14.7 Å². The molecule has 0 bridgehead atoms. The summed E-state index contributed by atoms with van der Waals surface area (Å²) in [6.07, 6.45) is 2.96. The fraction of sp³-hybridized carbons (Fsp3) is 0.467. The Kier molecular flexibility index (Phi) is 7.87. The highest BCUT2D eigenvalue weighted by molar-refractivity contribution is 6.36. The van der Waals surface area contributed by atoms with Crippen molar-refractivity contribution in [1.29, 1.82) is 0 Å². The van der Waals surface area contributed by atoms with Gasteiger partial charge in [-0.25, -0.2) is 4.79 Å². The van der Waals surface area contributed by atoms with E-state index in [0.29, 0.717) is 13.0 Å². The molecule has 0 aliphatic rings. The van der Waals surface area contributed by atoms with Crippen LogP contribution in [0, 0.1) is 0 Å². The van der Waals surface area contributed by atoms with Gasteiger partial charge >= 0.3 is 5.97 Å². The van der Waals surface area contributed by atoms with Crippen molar-refractivity contribution in [3.63, 3.8) is 0 Å². The van der Waals surface area contributed by atoms with E-state index in [1.165, 1.54) is 0 Å². The molecule has 1 aromatic carbocycles. The van der Waals surface area contributed by atoms with E-state index in [0.717, 1.165) is 25.0 Å². The molecule has 5 nitrogen and oxygen atoms in total. The van der Waals surface area contributed by atoms with Crippen LogP contribution in [0.4, 0.5) is 0 Å². The van der Waals surface area contributed by atoms with Gasteiger partial charge in [0.1, 0.15) is 5.75 Å². The van der Waals surface area contributed by atoms with E-state index in [1.807, 2.05) is 30.3 Å². The first-order valence-electron chi connectivity index (χ1n) is 6.83. The van der Waals surface area contributed by atoms with E-state index in [2.05, 4.69) is 5.16 Å². The molecule has 1 rings (SSSR count). The number of carbonyl (C=O) groups is 1. The van der Waals surface area contributed by atoms with Gasteiger partial charge in [-0.2, -0.15) is 0 Å². The number of nitrogens with zero attached hydrogens (tertiary/aromatic N) is 1. The number of ether oxygens (including phenoxy) is 2. The summed E-state index contributed by atoms with van der Waals surface area (Å²) < 4.78 is 10.3. The summed E-state index contributed by atoms with van der Waals surface area (Å²) in [5.74, 6) is 0.312. The molecule has 0 heterocycles. The number of benzene rings is 1. The Morgan fingerprint density at radius 2 is 1.95 bits per heavy atom. The largest absolute Gasteiger partial charge is 0.494 e. The third kappa shape index (κ3) is 6.22. The Bertz CT molecular complexity index is 417. The molecule has 110 valence electrons. The summed E-state index contributed by atoms with van der Waals surface area (Å²) in [4.78, 5) is 11.3. The lowest BCUT2D eigenvalue weighted by molar-refractivity contribution is -0.135. The van der Waals surface area contributed by atoms with Crippen molar-refractivity contribution in [3.8, 4) is 5.75 Å². The van der Waals surface area contributed by atoms with Gasteiger partial charge in [0.15, 0.2) is 5.71 Å². The zero-order chi connectivity index (χ0) is 14.6. The fourth-order valence-corrected chi connectivity index (χ4v) is 1.69. The highest BCUT2D eigenvalue weighted by atomic mass is 16.5. The third-order valence-corrected chi connectivity index (χ3v) is 2.70. The van der Waals surface area contributed by atoms with Crippen LogP contribution in [0.1, 0.15) is 32.6 Å². The van der Waals surface area contributed by atoms with E-state index >= 15 is 0 Å². The summed E-state index contributed by atoms with van der Waals surface area (Å²) >= 11 is 0. The molecule has 0 aliphatic carbocycles. The molecule has 0 unspecified atom stereocenters. The molecule has 20 heavy (non-hydrogen) atoms. The maximum absolute atomic E-state index is 11.3. The Labute approximate surface area is 119 Å². The molecule has 0 spiro atoms. The Morgan fingerprint density at radius 1 is 1.20 bits per heavy atom. The molecular weight excluding hydrogens is 258 g/mol. The molecule has 1 aromatic rings. The lowest BCUT2D eigenvalue weighted by atomic mass is 10.1. The zero-order valence-corrected chi connectivity index (χ0v) is 11.7. The molecule has 0 amide bonds. The van der Waals surface area contributed by atoms with Crippen molar-refractivity contribution in [2.24, 2.45) is 5.16 Å². The first kappa shape index (κ1) is 16.0.